The molecule has 77 heavy (non-hydrogen) atoms. The van der Waals surface area contributed by atoms with E-state index in [1.165, 1.54) is 167 Å². The number of carbonyl (C=O) groups excluding carboxylic acids is 3. The Kier molecular flexibility index (Phi) is 61.8. The smallest absolute Gasteiger partial charge is 0.306 e. The molecule has 0 saturated heterocycles. The Hall–Kier alpha value is -3.67. The number of rotatable bonds is 59. The summed E-state index contributed by atoms with van der Waals surface area (Å²) in [5.74, 6) is -0.868. The van der Waals surface area contributed by atoms with E-state index in [1.54, 1.807) is 0 Å². The highest BCUT2D eigenvalue weighted by Gasteiger charge is 2.19. The quantitative estimate of drug-likeness (QED) is 0.0261. The highest BCUT2D eigenvalue weighted by atomic mass is 16.6. The Morgan fingerprint density at radius 1 is 0.273 bits per heavy atom. The first-order chi connectivity index (χ1) is 38.0. The Labute approximate surface area is 477 Å². The first-order valence-electron chi connectivity index (χ1n) is 32.7. The molecule has 0 aliphatic carbocycles. The van der Waals surface area contributed by atoms with E-state index in [9.17, 15) is 14.4 Å². The fraction of sp³-hybridized carbons (Fsp3) is 0.732. The molecule has 0 spiro atoms. The summed E-state index contributed by atoms with van der Waals surface area (Å²) in [6.07, 6.45) is 87.2. The van der Waals surface area contributed by atoms with Gasteiger partial charge in [0.1, 0.15) is 13.2 Å². The van der Waals surface area contributed by atoms with Gasteiger partial charge < -0.3 is 14.2 Å². The molecule has 6 heteroatoms. The second kappa shape index (κ2) is 64.9. The lowest BCUT2D eigenvalue weighted by molar-refractivity contribution is -0.167. The van der Waals surface area contributed by atoms with Gasteiger partial charge in [0.25, 0.3) is 0 Å². The van der Waals surface area contributed by atoms with E-state index in [4.69, 9.17) is 14.2 Å². The SMILES string of the molecule is CC/C=C\C/C=C\C/C=C\C/C=C\C/C=C\C/C=C\C/C=C\C/C=C\CCCCCCCCCCCCC(=O)OCC(COC(=O)CCCCCCCCCCC)OC(=O)CCCCCCCCCCCCCCCCC. The normalized spacial score (nSPS) is 12.7. The largest absolute Gasteiger partial charge is 0.462 e. The Balaban J connectivity index is 4.12. The van der Waals surface area contributed by atoms with Crippen molar-refractivity contribution in [3.05, 3.63) is 97.2 Å². The van der Waals surface area contributed by atoms with Gasteiger partial charge in [-0.2, -0.15) is 0 Å². The molecule has 0 aliphatic rings. The van der Waals surface area contributed by atoms with Crippen molar-refractivity contribution in [1.82, 2.24) is 0 Å². The molecule has 0 aliphatic heterocycles. The van der Waals surface area contributed by atoms with Gasteiger partial charge in [0.05, 0.1) is 0 Å². The van der Waals surface area contributed by atoms with Crippen LogP contribution in [0.3, 0.4) is 0 Å². The molecule has 0 amide bonds. The minimum atomic E-state index is -0.774. The van der Waals surface area contributed by atoms with E-state index in [-0.39, 0.29) is 31.1 Å². The third-order valence-electron chi connectivity index (χ3n) is 14.1. The molecular weight excluding hydrogens is 949 g/mol. The van der Waals surface area contributed by atoms with E-state index in [2.05, 4.69) is 118 Å². The maximum absolute atomic E-state index is 12.8. The van der Waals surface area contributed by atoms with E-state index >= 15 is 0 Å². The van der Waals surface area contributed by atoms with E-state index in [0.717, 1.165) is 109 Å². The van der Waals surface area contributed by atoms with Crippen molar-refractivity contribution >= 4 is 17.9 Å². The van der Waals surface area contributed by atoms with Crippen molar-refractivity contribution in [3.63, 3.8) is 0 Å². The zero-order valence-corrected chi connectivity index (χ0v) is 50.7. The van der Waals surface area contributed by atoms with Crippen molar-refractivity contribution in [2.45, 2.75) is 322 Å². The molecule has 1 unspecified atom stereocenters. The van der Waals surface area contributed by atoms with Gasteiger partial charge in [-0.15, -0.1) is 0 Å². The molecule has 0 saturated carbocycles. The summed E-state index contributed by atoms with van der Waals surface area (Å²) in [5.41, 5.74) is 0. The number of allylic oxidation sites excluding steroid dienone is 16. The van der Waals surface area contributed by atoms with Crippen LogP contribution < -0.4 is 0 Å². The Bertz CT molecular complexity index is 1510. The van der Waals surface area contributed by atoms with Crippen LogP contribution in [-0.2, 0) is 28.6 Å². The fourth-order valence-electron chi connectivity index (χ4n) is 9.23. The van der Waals surface area contributed by atoms with Crippen LogP contribution in [0.1, 0.15) is 316 Å². The Morgan fingerprint density at radius 3 is 0.792 bits per heavy atom. The summed E-state index contributed by atoms with van der Waals surface area (Å²) in [4.78, 5) is 38.1. The second-order valence-corrected chi connectivity index (χ2v) is 21.7. The van der Waals surface area contributed by atoms with Gasteiger partial charge in [0.15, 0.2) is 6.10 Å². The van der Waals surface area contributed by atoms with Crippen LogP contribution in [0.2, 0.25) is 0 Å². The first kappa shape index (κ1) is 73.3. The molecule has 0 fully saturated rings. The first-order valence-corrected chi connectivity index (χ1v) is 32.7. The minimum absolute atomic E-state index is 0.0731. The van der Waals surface area contributed by atoms with Gasteiger partial charge in [-0.1, -0.05) is 311 Å². The highest BCUT2D eigenvalue weighted by Crippen LogP contribution is 2.17. The van der Waals surface area contributed by atoms with Gasteiger partial charge >= 0.3 is 17.9 Å². The van der Waals surface area contributed by atoms with E-state index in [0.29, 0.717) is 19.3 Å². The molecule has 0 aromatic rings. The fourth-order valence-corrected chi connectivity index (χ4v) is 9.23. The minimum Gasteiger partial charge on any atom is -0.462 e. The van der Waals surface area contributed by atoms with Crippen LogP contribution >= 0.6 is 0 Å². The molecule has 0 N–H and O–H groups in total. The summed E-state index contributed by atoms with van der Waals surface area (Å²) in [7, 11) is 0. The van der Waals surface area contributed by atoms with Crippen molar-refractivity contribution < 1.29 is 28.6 Å². The van der Waals surface area contributed by atoms with Gasteiger partial charge in [-0.05, 0) is 83.5 Å². The van der Waals surface area contributed by atoms with Crippen LogP contribution in [-0.4, -0.2) is 37.2 Å². The molecule has 0 heterocycles. The molecule has 0 rings (SSSR count). The predicted molar refractivity (Wildman–Crippen MR) is 334 cm³/mol. The van der Waals surface area contributed by atoms with Crippen LogP contribution in [0, 0.1) is 0 Å². The number of hydrogen-bond donors (Lipinski definition) is 0. The predicted octanol–water partition coefficient (Wildman–Crippen LogP) is 22.4. The summed E-state index contributed by atoms with van der Waals surface area (Å²) in [6, 6.07) is 0. The number of ether oxygens (including phenoxy) is 3. The lowest BCUT2D eigenvalue weighted by Crippen LogP contribution is -2.30. The third-order valence-corrected chi connectivity index (χ3v) is 14.1. The summed E-state index contributed by atoms with van der Waals surface area (Å²) < 4.78 is 16.9. The maximum atomic E-state index is 12.8. The van der Waals surface area contributed by atoms with Gasteiger partial charge in [0.2, 0.25) is 0 Å². The monoisotopic (exact) mass is 1070 g/mol. The molecule has 0 radical (unpaired) electrons. The third kappa shape index (κ3) is 63.0. The molecule has 442 valence electrons. The topological polar surface area (TPSA) is 78.9 Å². The number of hydrogen-bond acceptors (Lipinski definition) is 6. The Morgan fingerprint density at radius 2 is 0.506 bits per heavy atom. The number of carbonyl (C=O) groups is 3. The lowest BCUT2D eigenvalue weighted by Gasteiger charge is -2.18. The van der Waals surface area contributed by atoms with Gasteiger partial charge in [-0.25, -0.2) is 0 Å². The molecule has 0 bridgehead atoms. The van der Waals surface area contributed by atoms with E-state index in [1.807, 2.05) is 0 Å². The zero-order valence-electron chi connectivity index (χ0n) is 50.7. The van der Waals surface area contributed by atoms with Gasteiger partial charge in [0, 0.05) is 19.3 Å². The van der Waals surface area contributed by atoms with Crippen molar-refractivity contribution in [2.75, 3.05) is 13.2 Å². The van der Waals surface area contributed by atoms with Crippen molar-refractivity contribution in [2.24, 2.45) is 0 Å². The highest BCUT2D eigenvalue weighted by molar-refractivity contribution is 5.71. The lowest BCUT2D eigenvalue weighted by atomic mass is 10.0. The standard InChI is InChI=1S/C71H122O6/c1-4-7-10-13-16-19-21-23-25-26-27-28-29-30-31-32-33-34-35-36-37-38-39-40-41-42-43-44-46-47-49-52-55-58-61-64-70(73)76-67-68(66-75-69(72)63-60-57-54-51-18-15-12-9-6-3)77-71(74)65-62-59-56-53-50-48-45-24-22-20-17-14-11-8-5-2/h7,10,16,19,23,25,27-28,30-31,33-34,36-37,39-40,68H,4-6,8-9,11-15,17-18,20-22,24,26,29,32,35,38,41-67H2,1-3H3/b10-7-,19-16-,25-23-,28-27-,31-30-,34-33-,37-36-,40-39-. The van der Waals surface area contributed by atoms with Crippen LogP contribution in [0.5, 0.6) is 0 Å². The molecule has 0 aromatic carbocycles. The van der Waals surface area contributed by atoms with Crippen LogP contribution in [0.25, 0.3) is 0 Å². The van der Waals surface area contributed by atoms with Crippen LogP contribution in [0.4, 0.5) is 0 Å². The summed E-state index contributed by atoms with van der Waals surface area (Å²) in [6.45, 7) is 6.53. The molecule has 6 nitrogen and oxygen atoms in total. The average Bonchev–Trinajstić information content (AvgIpc) is 3.43. The number of unbranched alkanes of at least 4 members (excludes halogenated alkanes) is 32. The second-order valence-electron chi connectivity index (χ2n) is 21.7. The summed E-state index contributed by atoms with van der Waals surface area (Å²) in [5, 5.41) is 0. The van der Waals surface area contributed by atoms with E-state index < -0.39 is 6.10 Å². The van der Waals surface area contributed by atoms with Crippen LogP contribution in [0.15, 0.2) is 97.2 Å². The summed E-state index contributed by atoms with van der Waals surface area (Å²) >= 11 is 0. The van der Waals surface area contributed by atoms with Crippen molar-refractivity contribution in [1.29, 1.82) is 0 Å². The zero-order chi connectivity index (χ0) is 55.7. The maximum Gasteiger partial charge on any atom is 0.306 e. The van der Waals surface area contributed by atoms with Crippen molar-refractivity contribution in [3.8, 4) is 0 Å². The number of esters is 3. The molecule has 1 atom stereocenters. The molecular formula is C71H122O6. The van der Waals surface area contributed by atoms with Gasteiger partial charge in [-0.3, -0.25) is 14.4 Å². The molecule has 0 aromatic heterocycles. The average molecular weight is 1070 g/mol.